The summed E-state index contributed by atoms with van der Waals surface area (Å²) in [6, 6.07) is 0. The minimum atomic E-state index is -0.421. The second-order valence-electron chi connectivity index (χ2n) is 5.16. The van der Waals surface area contributed by atoms with Crippen LogP contribution in [0.25, 0.3) is 0 Å². The van der Waals surface area contributed by atoms with E-state index in [9.17, 15) is 5.11 Å². The molecule has 14 heavy (non-hydrogen) atoms. The van der Waals surface area contributed by atoms with Crippen molar-refractivity contribution in [1.29, 1.82) is 0 Å². The highest BCUT2D eigenvalue weighted by Gasteiger charge is 2.42. The minimum absolute atomic E-state index is 0.0622. The van der Waals surface area contributed by atoms with E-state index in [1.54, 1.807) is 0 Å². The number of ether oxygens (including phenoxy) is 1. The molecular formula is C11H23NO2. The molecule has 0 saturated heterocycles. The van der Waals surface area contributed by atoms with Crippen LogP contribution in [0.4, 0.5) is 0 Å². The number of aliphatic hydroxyl groups excluding tert-OH is 1. The molecule has 3 heteroatoms. The molecule has 0 aromatic heterocycles. The number of rotatable bonds is 3. The standard InChI is InChI=1S/C11H23NO2/c1-4-14-9-7-11(12,8-13)6-5-10(9,2)3/h9,13H,4-8,12H2,1-3H3. The maximum absolute atomic E-state index is 9.23. The van der Waals surface area contributed by atoms with Gasteiger partial charge in [0.2, 0.25) is 0 Å². The maximum atomic E-state index is 9.23. The van der Waals surface area contributed by atoms with Gasteiger partial charge in [-0.25, -0.2) is 0 Å². The molecule has 0 amide bonds. The summed E-state index contributed by atoms with van der Waals surface area (Å²) in [6.07, 6.45) is 2.86. The first-order chi connectivity index (χ1) is 6.43. The fourth-order valence-corrected chi connectivity index (χ4v) is 2.11. The molecular weight excluding hydrogens is 178 g/mol. The second-order valence-corrected chi connectivity index (χ2v) is 5.16. The first-order valence-electron chi connectivity index (χ1n) is 5.45. The van der Waals surface area contributed by atoms with E-state index in [1.807, 2.05) is 6.92 Å². The summed E-state index contributed by atoms with van der Waals surface area (Å²) >= 11 is 0. The van der Waals surface area contributed by atoms with E-state index in [-0.39, 0.29) is 18.1 Å². The smallest absolute Gasteiger partial charge is 0.0644 e. The van der Waals surface area contributed by atoms with Crippen molar-refractivity contribution in [2.24, 2.45) is 11.1 Å². The Bertz CT molecular complexity index is 194. The van der Waals surface area contributed by atoms with Crippen LogP contribution in [0.3, 0.4) is 0 Å². The van der Waals surface area contributed by atoms with Crippen molar-refractivity contribution in [2.45, 2.75) is 51.7 Å². The van der Waals surface area contributed by atoms with Gasteiger partial charge in [0, 0.05) is 12.1 Å². The zero-order chi connectivity index (χ0) is 10.8. The van der Waals surface area contributed by atoms with Crippen molar-refractivity contribution in [3.63, 3.8) is 0 Å². The largest absolute Gasteiger partial charge is 0.394 e. The summed E-state index contributed by atoms with van der Waals surface area (Å²) in [5, 5.41) is 9.23. The molecule has 1 aliphatic carbocycles. The summed E-state index contributed by atoms with van der Waals surface area (Å²) in [5.41, 5.74) is 5.84. The fourth-order valence-electron chi connectivity index (χ4n) is 2.11. The van der Waals surface area contributed by atoms with Gasteiger partial charge in [0.25, 0.3) is 0 Å². The highest BCUT2D eigenvalue weighted by molar-refractivity contribution is 4.98. The Balaban J connectivity index is 2.67. The molecule has 1 fully saturated rings. The van der Waals surface area contributed by atoms with Crippen LogP contribution < -0.4 is 5.73 Å². The van der Waals surface area contributed by atoms with Crippen molar-refractivity contribution >= 4 is 0 Å². The average molecular weight is 201 g/mol. The van der Waals surface area contributed by atoms with Gasteiger partial charge in [-0.2, -0.15) is 0 Å². The highest BCUT2D eigenvalue weighted by Crippen LogP contribution is 2.40. The lowest BCUT2D eigenvalue weighted by Crippen LogP contribution is -2.54. The first kappa shape index (κ1) is 12.0. The number of hydrogen-bond acceptors (Lipinski definition) is 3. The van der Waals surface area contributed by atoms with Gasteiger partial charge in [-0.1, -0.05) is 13.8 Å². The van der Waals surface area contributed by atoms with E-state index < -0.39 is 5.54 Å². The molecule has 3 nitrogen and oxygen atoms in total. The Kier molecular flexibility index (Phi) is 3.56. The summed E-state index contributed by atoms with van der Waals surface area (Å²) in [7, 11) is 0. The molecule has 0 heterocycles. The van der Waals surface area contributed by atoms with Gasteiger partial charge in [0.1, 0.15) is 0 Å². The zero-order valence-electron chi connectivity index (χ0n) is 9.55. The SMILES string of the molecule is CCOC1CC(N)(CO)CCC1(C)C. The summed E-state index contributed by atoms with van der Waals surface area (Å²) in [6.45, 7) is 7.21. The lowest BCUT2D eigenvalue weighted by molar-refractivity contribution is -0.0736. The van der Waals surface area contributed by atoms with Crippen LogP contribution in [0.15, 0.2) is 0 Å². The molecule has 1 aliphatic rings. The van der Waals surface area contributed by atoms with E-state index in [2.05, 4.69) is 13.8 Å². The van der Waals surface area contributed by atoms with Crippen LogP contribution in [0, 0.1) is 5.41 Å². The predicted octanol–water partition coefficient (Wildman–Crippen LogP) is 1.29. The molecule has 2 atom stereocenters. The van der Waals surface area contributed by atoms with Crippen molar-refractivity contribution in [2.75, 3.05) is 13.2 Å². The average Bonchev–Trinajstić information content (AvgIpc) is 2.13. The van der Waals surface area contributed by atoms with E-state index in [0.717, 1.165) is 25.9 Å². The van der Waals surface area contributed by atoms with Crippen LogP contribution in [-0.2, 0) is 4.74 Å². The Hall–Kier alpha value is -0.120. The van der Waals surface area contributed by atoms with Gasteiger partial charge >= 0.3 is 0 Å². The molecule has 84 valence electrons. The second kappa shape index (κ2) is 4.17. The normalized spacial score (nSPS) is 37.1. The van der Waals surface area contributed by atoms with Gasteiger partial charge in [-0.15, -0.1) is 0 Å². The van der Waals surface area contributed by atoms with E-state index >= 15 is 0 Å². The number of aliphatic hydroxyl groups is 1. The van der Waals surface area contributed by atoms with Crippen molar-refractivity contribution < 1.29 is 9.84 Å². The van der Waals surface area contributed by atoms with E-state index in [0.29, 0.717) is 0 Å². The lowest BCUT2D eigenvalue weighted by atomic mass is 9.68. The molecule has 0 radical (unpaired) electrons. The third kappa shape index (κ3) is 2.47. The molecule has 0 spiro atoms. The van der Waals surface area contributed by atoms with E-state index in [1.165, 1.54) is 0 Å². The monoisotopic (exact) mass is 201 g/mol. The van der Waals surface area contributed by atoms with Crippen molar-refractivity contribution in [1.82, 2.24) is 0 Å². The predicted molar refractivity (Wildman–Crippen MR) is 57.1 cm³/mol. The summed E-state index contributed by atoms with van der Waals surface area (Å²) < 4.78 is 5.70. The Morgan fingerprint density at radius 2 is 2.07 bits per heavy atom. The summed E-state index contributed by atoms with van der Waals surface area (Å²) in [5.74, 6) is 0. The van der Waals surface area contributed by atoms with Crippen molar-refractivity contribution in [3.05, 3.63) is 0 Å². The molecule has 0 aromatic carbocycles. The molecule has 3 N–H and O–H groups in total. The van der Waals surface area contributed by atoms with Crippen LogP contribution in [0.2, 0.25) is 0 Å². The van der Waals surface area contributed by atoms with Gasteiger partial charge < -0.3 is 15.6 Å². The summed E-state index contributed by atoms with van der Waals surface area (Å²) in [4.78, 5) is 0. The number of nitrogens with two attached hydrogens (primary N) is 1. The molecule has 1 saturated carbocycles. The van der Waals surface area contributed by atoms with Gasteiger partial charge in [-0.05, 0) is 31.6 Å². The maximum Gasteiger partial charge on any atom is 0.0644 e. The zero-order valence-corrected chi connectivity index (χ0v) is 9.55. The van der Waals surface area contributed by atoms with Gasteiger partial charge in [0.05, 0.1) is 12.7 Å². The van der Waals surface area contributed by atoms with Crippen LogP contribution >= 0.6 is 0 Å². The van der Waals surface area contributed by atoms with Crippen LogP contribution in [0.5, 0.6) is 0 Å². The Labute approximate surface area is 86.6 Å². The van der Waals surface area contributed by atoms with Gasteiger partial charge in [0.15, 0.2) is 0 Å². The molecule has 1 rings (SSSR count). The lowest BCUT2D eigenvalue weighted by Gasteiger charge is -2.46. The third-order valence-corrected chi connectivity index (χ3v) is 3.41. The highest BCUT2D eigenvalue weighted by atomic mass is 16.5. The Morgan fingerprint density at radius 3 is 2.57 bits per heavy atom. The van der Waals surface area contributed by atoms with E-state index in [4.69, 9.17) is 10.5 Å². The molecule has 0 bridgehead atoms. The number of hydrogen-bond donors (Lipinski definition) is 2. The first-order valence-corrected chi connectivity index (χ1v) is 5.45. The van der Waals surface area contributed by atoms with Crippen LogP contribution in [0.1, 0.15) is 40.0 Å². The Morgan fingerprint density at radius 1 is 1.43 bits per heavy atom. The molecule has 0 aliphatic heterocycles. The quantitative estimate of drug-likeness (QED) is 0.723. The third-order valence-electron chi connectivity index (χ3n) is 3.41. The molecule has 2 unspecified atom stereocenters. The minimum Gasteiger partial charge on any atom is -0.394 e. The topological polar surface area (TPSA) is 55.5 Å². The van der Waals surface area contributed by atoms with Gasteiger partial charge in [-0.3, -0.25) is 0 Å². The van der Waals surface area contributed by atoms with Crippen molar-refractivity contribution in [3.8, 4) is 0 Å². The fraction of sp³-hybridized carbons (Fsp3) is 1.00. The van der Waals surface area contributed by atoms with Crippen LogP contribution in [-0.4, -0.2) is 30.0 Å². The molecule has 0 aromatic rings.